The highest BCUT2D eigenvalue weighted by atomic mass is 79.9. The van der Waals surface area contributed by atoms with Gasteiger partial charge >= 0.3 is 16.0 Å². The normalized spacial score (nSPS) is 7.64. The van der Waals surface area contributed by atoms with Crippen LogP contribution in [0.2, 0.25) is 0 Å². The monoisotopic (exact) mass is 287 g/mol. The second kappa shape index (κ2) is 7.59. The van der Waals surface area contributed by atoms with Gasteiger partial charge in [0.2, 0.25) is 0 Å². The highest BCUT2D eigenvalue weighted by Gasteiger charge is 1.81. The highest BCUT2D eigenvalue weighted by Crippen LogP contribution is 1.98. The summed E-state index contributed by atoms with van der Waals surface area (Å²) >= 11 is 6.44. The standard InChI is InChI=1S/C8H9.2BrH.Mg/c1-7-4-3-5-8(2)6-7;;;/h3-5H,1-2H3;2*1H;/q;;;+2/p-2. The molecule has 1 aromatic rings. The average Bonchev–Trinajstić information content (AvgIpc) is 1.88. The van der Waals surface area contributed by atoms with E-state index in [1.165, 1.54) is 11.1 Å². The van der Waals surface area contributed by atoms with E-state index < -0.39 is 0 Å². The SMILES string of the molecule is Cc1[c]c(C)ccc1.[Br][Mg][Br]. The summed E-state index contributed by atoms with van der Waals surface area (Å²) in [6.45, 7) is 4.10. The lowest BCUT2D eigenvalue weighted by atomic mass is 10.2. The second-order valence-corrected chi connectivity index (χ2v) is 10.2. The number of benzene rings is 1. The summed E-state index contributed by atoms with van der Waals surface area (Å²) in [5.74, 6) is 0. The minimum atomic E-state index is 0.0417. The Bertz CT molecular complexity index is 184. The first-order valence-corrected chi connectivity index (χ1v) is 11.1. The van der Waals surface area contributed by atoms with Crippen LogP contribution in [0.4, 0.5) is 0 Å². The molecule has 0 aromatic heterocycles. The van der Waals surface area contributed by atoms with Crippen molar-refractivity contribution in [3.8, 4) is 0 Å². The fourth-order valence-electron chi connectivity index (χ4n) is 0.731. The van der Waals surface area contributed by atoms with Crippen molar-refractivity contribution >= 4 is 41.8 Å². The van der Waals surface area contributed by atoms with Crippen molar-refractivity contribution in [2.45, 2.75) is 13.8 Å². The van der Waals surface area contributed by atoms with Crippen LogP contribution < -0.4 is 0 Å². The molecule has 11 heavy (non-hydrogen) atoms. The summed E-state index contributed by atoms with van der Waals surface area (Å²) in [6.07, 6.45) is 0. The van der Waals surface area contributed by atoms with E-state index in [1.54, 1.807) is 0 Å². The molecular weight excluding hydrogens is 280 g/mol. The lowest BCUT2D eigenvalue weighted by Crippen LogP contribution is -1.72. The Morgan fingerprint density at radius 1 is 1.18 bits per heavy atom. The van der Waals surface area contributed by atoms with Crippen LogP contribution >= 0.6 is 25.8 Å². The second-order valence-electron chi connectivity index (χ2n) is 2.12. The van der Waals surface area contributed by atoms with Crippen LogP contribution in [0.5, 0.6) is 0 Å². The Morgan fingerprint density at radius 2 is 1.55 bits per heavy atom. The zero-order valence-corrected chi connectivity index (χ0v) is 11.3. The summed E-state index contributed by atoms with van der Waals surface area (Å²) in [5.41, 5.74) is 2.43. The van der Waals surface area contributed by atoms with Gasteiger partial charge in [0, 0.05) is 0 Å². The van der Waals surface area contributed by atoms with Gasteiger partial charge in [0.1, 0.15) is 0 Å². The lowest BCUT2D eigenvalue weighted by Gasteiger charge is -1.89. The van der Waals surface area contributed by atoms with Gasteiger partial charge < -0.3 is 0 Å². The predicted molar refractivity (Wildman–Crippen MR) is 58.4 cm³/mol. The molecule has 0 spiro atoms. The van der Waals surface area contributed by atoms with Crippen LogP contribution in [0.25, 0.3) is 0 Å². The summed E-state index contributed by atoms with van der Waals surface area (Å²) in [7, 11) is 0. The van der Waals surface area contributed by atoms with Crippen molar-refractivity contribution in [2.75, 3.05) is 0 Å². The Kier molecular flexibility index (Phi) is 8.24. The molecule has 0 aliphatic carbocycles. The molecule has 0 unspecified atom stereocenters. The predicted octanol–water partition coefficient (Wildman–Crippen LogP) is 3.41. The summed E-state index contributed by atoms with van der Waals surface area (Å²) in [4.78, 5) is 0. The smallest absolute Gasteiger partial charge is 0.280 e. The molecule has 0 aliphatic rings. The minimum Gasteiger partial charge on any atom is -0.280 e. The maximum atomic E-state index is 3.20. The Hall–Kier alpha value is 0.946. The molecule has 0 fully saturated rings. The quantitative estimate of drug-likeness (QED) is 0.642. The third kappa shape index (κ3) is 7.31. The molecule has 57 valence electrons. The molecule has 3 heteroatoms. The van der Waals surface area contributed by atoms with Crippen LogP contribution in [0.15, 0.2) is 18.2 Å². The first-order valence-electron chi connectivity index (χ1n) is 3.28. The van der Waals surface area contributed by atoms with E-state index in [0.29, 0.717) is 0 Å². The highest BCUT2D eigenvalue weighted by molar-refractivity contribution is 9.47. The van der Waals surface area contributed by atoms with Gasteiger partial charge in [-0.25, -0.2) is 0 Å². The van der Waals surface area contributed by atoms with E-state index in [0.717, 1.165) is 0 Å². The van der Waals surface area contributed by atoms with Gasteiger partial charge in [-0.3, -0.25) is 25.8 Å². The molecule has 1 aromatic carbocycles. The molecule has 0 bridgehead atoms. The van der Waals surface area contributed by atoms with Gasteiger partial charge in [0.25, 0.3) is 0 Å². The van der Waals surface area contributed by atoms with E-state index >= 15 is 0 Å². The van der Waals surface area contributed by atoms with Crippen LogP contribution in [-0.4, -0.2) is 16.0 Å². The molecule has 0 saturated heterocycles. The van der Waals surface area contributed by atoms with Gasteiger partial charge in [-0.15, -0.1) is 0 Å². The molecule has 1 rings (SSSR count). The molecule has 0 heterocycles. The molecule has 0 nitrogen and oxygen atoms in total. The molecule has 0 atom stereocenters. The third-order valence-corrected chi connectivity index (χ3v) is 1.09. The van der Waals surface area contributed by atoms with Crippen molar-refractivity contribution in [1.29, 1.82) is 0 Å². The van der Waals surface area contributed by atoms with E-state index in [1.807, 2.05) is 32.0 Å². The fourth-order valence-corrected chi connectivity index (χ4v) is 0.731. The summed E-state index contributed by atoms with van der Waals surface area (Å²) in [5, 5.41) is 0. The zero-order chi connectivity index (χ0) is 8.69. The number of halogens is 2. The first kappa shape index (κ1) is 11.9. The number of aryl methyl sites for hydroxylation is 2. The van der Waals surface area contributed by atoms with Crippen LogP contribution in [0.1, 0.15) is 11.1 Å². The van der Waals surface area contributed by atoms with Gasteiger partial charge in [0.05, 0.1) is 0 Å². The van der Waals surface area contributed by atoms with Crippen molar-refractivity contribution < 1.29 is 0 Å². The van der Waals surface area contributed by atoms with Crippen LogP contribution in [0, 0.1) is 19.9 Å². The van der Waals surface area contributed by atoms with E-state index in [-0.39, 0.29) is 16.0 Å². The minimum absolute atomic E-state index is 0.0417. The largest absolute Gasteiger partial charge is 0.560 e. The van der Waals surface area contributed by atoms with E-state index in [4.69, 9.17) is 0 Å². The molecule has 0 N–H and O–H groups in total. The fraction of sp³-hybridized carbons (Fsp3) is 0.250. The van der Waals surface area contributed by atoms with Crippen molar-refractivity contribution in [3.63, 3.8) is 0 Å². The molecule has 0 saturated carbocycles. The molecular formula is C8H9Br2Mg. The van der Waals surface area contributed by atoms with Crippen LogP contribution in [0.3, 0.4) is 0 Å². The number of hydrogen-bond donors (Lipinski definition) is 0. The van der Waals surface area contributed by atoms with E-state index in [2.05, 4.69) is 31.8 Å². The Morgan fingerprint density at radius 3 is 1.73 bits per heavy atom. The summed E-state index contributed by atoms with van der Waals surface area (Å²) < 4.78 is 0. The average molecular weight is 289 g/mol. The van der Waals surface area contributed by atoms with Gasteiger partial charge in [-0.2, -0.15) is 0 Å². The zero-order valence-electron chi connectivity index (χ0n) is 6.70. The molecule has 0 aliphatic heterocycles. The first-order chi connectivity index (χ1) is 5.20. The number of rotatable bonds is 0. The Balaban J connectivity index is 0.000000292. The third-order valence-electron chi connectivity index (χ3n) is 1.09. The van der Waals surface area contributed by atoms with Gasteiger partial charge in [-0.05, 0) is 31.0 Å². The van der Waals surface area contributed by atoms with Crippen molar-refractivity contribution in [3.05, 3.63) is 35.4 Å². The molecule has 0 amide bonds. The van der Waals surface area contributed by atoms with Crippen molar-refractivity contribution in [1.82, 2.24) is 0 Å². The number of hydrogen-bond acceptors (Lipinski definition) is 0. The molecule has 1 radical (unpaired) electrons. The Labute approximate surface area is 90.2 Å². The maximum absolute atomic E-state index is 3.20. The lowest BCUT2D eigenvalue weighted by molar-refractivity contribution is 1.37. The summed E-state index contributed by atoms with van der Waals surface area (Å²) in [6, 6.07) is 9.31. The van der Waals surface area contributed by atoms with Crippen LogP contribution in [-0.2, 0) is 0 Å². The van der Waals surface area contributed by atoms with Crippen molar-refractivity contribution in [2.24, 2.45) is 0 Å². The maximum Gasteiger partial charge on any atom is 0.560 e. The van der Waals surface area contributed by atoms with Gasteiger partial charge in [0.15, 0.2) is 0 Å². The topological polar surface area (TPSA) is 0 Å². The van der Waals surface area contributed by atoms with E-state index in [9.17, 15) is 0 Å². The van der Waals surface area contributed by atoms with Gasteiger partial charge in [-0.1, -0.05) is 18.2 Å².